The molecule has 3 saturated carbocycles. The number of allylic oxidation sites excluding steroid dienone is 2. The van der Waals surface area contributed by atoms with Crippen molar-refractivity contribution in [1.29, 1.82) is 0 Å². The van der Waals surface area contributed by atoms with Gasteiger partial charge in [0.25, 0.3) is 0 Å². The van der Waals surface area contributed by atoms with E-state index in [1.165, 1.54) is 5.57 Å². The van der Waals surface area contributed by atoms with Crippen molar-refractivity contribution in [2.45, 2.75) is 125 Å². The fourth-order valence-corrected chi connectivity index (χ4v) is 10.4. The van der Waals surface area contributed by atoms with Crippen LogP contribution in [0.5, 0.6) is 0 Å². The molecule has 0 aromatic rings. The quantitative estimate of drug-likeness (QED) is 0.379. The molecule has 0 aromatic heterocycles. The Labute approximate surface area is 214 Å². The number of hydrogen-bond donors (Lipinski definition) is 3. The minimum atomic E-state index is -0.642. The molecule has 35 heavy (non-hydrogen) atoms. The summed E-state index contributed by atoms with van der Waals surface area (Å²) in [6.45, 7) is 18.4. The molecule has 0 saturated heterocycles. The van der Waals surface area contributed by atoms with Crippen molar-refractivity contribution in [3.8, 4) is 0 Å². The van der Waals surface area contributed by atoms with Crippen LogP contribution in [0.3, 0.4) is 0 Å². The lowest BCUT2D eigenvalue weighted by Gasteiger charge is -2.70. The average Bonchev–Trinajstić information content (AvgIpc) is 2.71. The highest BCUT2D eigenvalue weighted by Crippen LogP contribution is 2.73. The first-order chi connectivity index (χ1) is 16.0. The van der Waals surface area contributed by atoms with Crippen LogP contribution in [0, 0.1) is 50.7 Å². The molecule has 4 nitrogen and oxygen atoms in total. The second-order valence-corrected chi connectivity index (χ2v) is 15.0. The monoisotopic (exact) mass is 488 g/mol. The summed E-state index contributed by atoms with van der Waals surface area (Å²) in [6.07, 6.45) is 9.78. The molecule has 0 aliphatic heterocycles. The van der Waals surface area contributed by atoms with Gasteiger partial charge in [-0.2, -0.15) is 0 Å². The minimum Gasteiger partial charge on any atom is -0.481 e. The maximum atomic E-state index is 12.5. The van der Waals surface area contributed by atoms with Gasteiger partial charge in [-0.25, -0.2) is 0 Å². The van der Waals surface area contributed by atoms with Gasteiger partial charge >= 0.3 is 5.97 Å². The molecule has 4 aliphatic carbocycles. The highest BCUT2D eigenvalue weighted by molar-refractivity contribution is 5.71. The van der Waals surface area contributed by atoms with E-state index in [0.29, 0.717) is 5.92 Å². The Bertz CT molecular complexity index is 873. The lowest BCUT2D eigenvalue weighted by atomic mass is 9.35. The number of fused-ring (bicyclic) bond motifs is 3. The molecule has 4 heteroatoms. The van der Waals surface area contributed by atoms with E-state index < -0.39 is 12.1 Å². The number of aliphatic hydroxyl groups is 2. The molecule has 4 aliphatic rings. The van der Waals surface area contributed by atoms with Gasteiger partial charge in [0.15, 0.2) is 0 Å². The van der Waals surface area contributed by atoms with Crippen LogP contribution in [0.2, 0.25) is 0 Å². The van der Waals surface area contributed by atoms with Gasteiger partial charge in [-0.05, 0) is 96.2 Å². The number of aliphatic hydroxyl groups excluding tert-OH is 2. The highest BCUT2D eigenvalue weighted by Gasteiger charge is 2.68. The molecule has 200 valence electrons. The fourth-order valence-electron chi connectivity index (χ4n) is 10.4. The van der Waals surface area contributed by atoms with E-state index in [0.717, 1.165) is 57.8 Å². The van der Waals surface area contributed by atoms with Gasteiger partial charge in [0, 0.05) is 0 Å². The Morgan fingerprint density at radius 3 is 2.26 bits per heavy atom. The largest absolute Gasteiger partial charge is 0.481 e. The zero-order valence-corrected chi connectivity index (χ0v) is 23.7. The fraction of sp³-hybridized carbons (Fsp3) is 0.903. The molecule has 0 amide bonds. The Morgan fingerprint density at radius 1 is 1.00 bits per heavy atom. The molecule has 0 spiro atoms. The molecule has 3 N–H and O–H groups in total. The molecule has 3 fully saturated rings. The summed E-state index contributed by atoms with van der Waals surface area (Å²) in [5.41, 5.74) is 0.898. The standard InChI is InChI=1S/C31H52O4/c1-9-14-30(7)21(20-17-27(2,3)15-12-19(20)26(34)35)10-11-23-29(6)16-13-24(33)28(4,5)25(29)22(32)18-31(23,30)8/h10,19-20,22-25,32-33H,9,11-18H2,1-8H3,(H,34,35). The smallest absolute Gasteiger partial charge is 0.307 e. The van der Waals surface area contributed by atoms with Crippen molar-refractivity contribution in [3.05, 3.63) is 11.6 Å². The van der Waals surface area contributed by atoms with Crippen molar-refractivity contribution in [2.24, 2.45) is 50.7 Å². The van der Waals surface area contributed by atoms with Crippen molar-refractivity contribution < 1.29 is 20.1 Å². The number of carbonyl (C=O) groups is 1. The van der Waals surface area contributed by atoms with Crippen LogP contribution >= 0.6 is 0 Å². The first-order valence-electron chi connectivity index (χ1n) is 14.3. The Kier molecular flexibility index (Phi) is 6.66. The van der Waals surface area contributed by atoms with Crippen molar-refractivity contribution >= 4 is 5.97 Å². The number of rotatable bonds is 4. The topological polar surface area (TPSA) is 77.8 Å². The summed E-state index contributed by atoms with van der Waals surface area (Å²) < 4.78 is 0. The van der Waals surface area contributed by atoms with Crippen LogP contribution in [0.25, 0.3) is 0 Å². The summed E-state index contributed by atoms with van der Waals surface area (Å²) in [5.74, 6) is -0.409. The molecule has 0 aromatic carbocycles. The van der Waals surface area contributed by atoms with Crippen LogP contribution in [0.1, 0.15) is 113 Å². The number of hydrogen-bond acceptors (Lipinski definition) is 3. The van der Waals surface area contributed by atoms with Gasteiger partial charge in [0.1, 0.15) is 0 Å². The van der Waals surface area contributed by atoms with Crippen LogP contribution in [-0.4, -0.2) is 33.5 Å². The maximum absolute atomic E-state index is 12.5. The number of carboxylic acid groups (broad SMARTS) is 1. The van der Waals surface area contributed by atoms with Gasteiger partial charge < -0.3 is 15.3 Å². The third-order valence-corrected chi connectivity index (χ3v) is 12.2. The zero-order chi connectivity index (χ0) is 26.2. The van der Waals surface area contributed by atoms with E-state index in [4.69, 9.17) is 0 Å². The molecule has 0 heterocycles. The summed E-state index contributed by atoms with van der Waals surface area (Å²) in [4.78, 5) is 12.5. The van der Waals surface area contributed by atoms with Crippen LogP contribution in [-0.2, 0) is 4.79 Å². The molecular weight excluding hydrogens is 436 g/mol. The molecular formula is C31H52O4. The summed E-state index contributed by atoms with van der Waals surface area (Å²) in [7, 11) is 0. The second kappa shape index (κ2) is 8.58. The Morgan fingerprint density at radius 2 is 1.66 bits per heavy atom. The minimum absolute atomic E-state index is 0.0514. The van der Waals surface area contributed by atoms with E-state index in [9.17, 15) is 20.1 Å². The maximum Gasteiger partial charge on any atom is 0.307 e. The van der Waals surface area contributed by atoms with E-state index in [1.807, 2.05) is 0 Å². The van der Waals surface area contributed by atoms with Gasteiger partial charge in [0.05, 0.1) is 18.1 Å². The molecule has 4 rings (SSSR count). The first-order valence-corrected chi connectivity index (χ1v) is 14.3. The van der Waals surface area contributed by atoms with Gasteiger partial charge in [-0.1, -0.05) is 73.5 Å². The average molecular weight is 489 g/mol. The molecule has 9 atom stereocenters. The zero-order valence-electron chi connectivity index (χ0n) is 23.7. The lowest BCUT2D eigenvalue weighted by Crippen LogP contribution is -2.67. The van der Waals surface area contributed by atoms with Crippen LogP contribution in [0.4, 0.5) is 0 Å². The third-order valence-electron chi connectivity index (χ3n) is 12.2. The number of aliphatic carboxylic acids is 1. The van der Waals surface area contributed by atoms with Gasteiger partial charge in [-0.15, -0.1) is 0 Å². The predicted molar refractivity (Wildman–Crippen MR) is 141 cm³/mol. The van der Waals surface area contributed by atoms with Crippen LogP contribution in [0.15, 0.2) is 11.6 Å². The van der Waals surface area contributed by atoms with E-state index in [-0.39, 0.29) is 50.9 Å². The third kappa shape index (κ3) is 3.87. The molecule has 9 unspecified atom stereocenters. The first kappa shape index (κ1) is 27.2. The normalized spacial score (nSPS) is 48.9. The summed E-state index contributed by atoms with van der Waals surface area (Å²) in [6, 6.07) is 0. The van der Waals surface area contributed by atoms with Crippen molar-refractivity contribution in [2.75, 3.05) is 0 Å². The Hall–Kier alpha value is -0.870. The van der Waals surface area contributed by atoms with Crippen molar-refractivity contribution in [3.63, 3.8) is 0 Å². The molecule has 0 bridgehead atoms. The van der Waals surface area contributed by atoms with E-state index in [1.54, 1.807) is 0 Å². The molecule has 0 radical (unpaired) electrons. The highest BCUT2D eigenvalue weighted by atomic mass is 16.4. The van der Waals surface area contributed by atoms with Crippen molar-refractivity contribution in [1.82, 2.24) is 0 Å². The van der Waals surface area contributed by atoms with Gasteiger partial charge in [-0.3, -0.25) is 4.79 Å². The van der Waals surface area contributed by atoms with Crippen LogP contribution < -0.4 is 0 Å². The number of carboxylic acids is 1. The van der Waals surface area contributed by atoms with E-state index >= 15 is 0 Å². The summed E-state index contributed by atoms with van der Waals surface area (Å²) >= 11 is 0. The summed E-state index contributed by atoms with van der Waals surface area (Å²) in [5, 5.41) is 33.0. The lowest BCUT2D eigenvalue weighted by molar-refractivity contribution is -0.237. The second-order valence-electron chi connectivity index (χ2n) is 15.0. The van der Waals surface area contributed by atoms with Gasteiger partial charge in [0.2, 0.25) is 0 Å². The van der Waals surface area contributed by atoms with E-state index in [2.05, 4.69) is 61.5 Å². The predicted octanol–water partition coefficient (Wildman–Crippen LogP) is 6.84. The Balaban J connectivity index is 1.85. The SMILES string of the molecule is CCCC1(C)C(C2CC(C)(C)CCC2C(=O)O)=CCC2C3(C)CCC(O)C(C)(C)C3C(O)CC21C.